The Hall–Kier alpha value is -4.84. The van der Waals surface area contributed by atoms with Gasteiger partial charge in [-0.2, -0.15) is 0 Å². The van der Waals surface area contributed by atoms with Gasteiger partial charge >= 0.3 is 0 Å². The van der Waals surface area contributed by atoms with E-state index in [-0.39, 0.29) is 28.5 Å². The molecule has 0 radical (unpaired) electrons. The molecule has 0 aliphatic carbocycles. The Morgan fingerprint density at radius 1 is 0.488 bits per heavy atom. The molecule has 4 rings (SSSR count). The highest BCUT2D eigenvalue weighted by atomic mass is 16.5. The highest BCUT2D eigenvalue weighted by molar-refractivity contribution is 6.09. The van der Waals surface area contributed by atoms with Crippen LogP contribution in [0.25, 0.3) is 0 Å². The van der Waals surface area contributed by atoms with Crippen LogP contribution >= 0.6 is 0 Å². The molecule has 6 heteroatoms. The second-order valence-electron chi connectivity index (χ2n) is 11.4. The van der Waals surface area contributed by atoms with Gasteiger partial charge in [-0.05, 0) is 112 Å². The minimum absolute atomic E-state index is 0.152. The predicted molar refractivity (Wildman–Crippen MR) is 168 cm³/mol. The van der Waals surface area contributed by atoms with Gasteiger partial charge in [0.1, 0.15) is 23.0 Å². The van der Waals surface area contributed by atoms with Gasteiger partial charge in [-0.25, -0.2) is 0 Å². The van der Waals surface area contributed by atoms with E-state index >= 15 is 0 Å². The number of Topliss-reactive ketones (excluding diaryl/α,β-unsaturated/α-hetero) is 4. The van der Waals surface area contributed by atoms with Crippen molar-refractivity contribution in [1.82, 2.24) is 0 Å². The zero-order valence-corrected chi connectivity index (χ0v) is 25.9. The molecule has 0 saturated carbocycles. The van der Waals surface area contributed by atoms with Crippen molar-refractivity contribution in [2.75, 3.05) is 0 Å². The van der Waals surface area contributed by atoms with Crippen LogP contribution in [0.4, 0.5) is 0 Å². The first-order valence-electron chi connectivity index (χ1n) is 14.1. The fourth-order valence-corrected chi connectivity index (χ4v) is 5.43. The third-order valence-corrected chi connectivity index (χ3v) is 7.70. The molecule has 0 heterocycles. The molecule has 0 aliphatic rings. The Morgan fingerprint density at radius 2 is 0.814 bits per heavy atom. The summed E-state index contributed by atoms with van der Waals surface area (Å²) < 4.78 is 12.1. The van der Waals surface area contributed by atoms with Crippen molar-refractivity contribution in [2.24, 2.45) is 0 Å². The average molecular weight is 577 g/mol. The van der Waals surface area contributed by atoms with Crippen molar-refractivity contribution >= 4 is 23.1 Å². The predicted octanol–water partition coefficient (Wildman–Crippen LogP) is 9.02. The number of aryl methyl sites for hydroxylation is 2. The minimum Gasteiger partial charge on any atom is -0.457 e. The van der Waals surface area contributed by atoms with E-state index in [1.807, 2.05) is 48.5 Å². The molecule has 0 saturated heterocycles. The van der Waals surface area contributed by atoms with Gasteiger partial charge in [-0.1, -0.05) is 38.1 Å². The Morgan fingerprint density at radius 3 is 1.09 bits per heavy atom. The van der Waals surface area contributed by atoms with Crippen LogP contribution in [0.2, 0.25) is 0 Å². The summed E-state index contributed by atoms with van der Waals surface area (Å²) in [5.74, 6) is 1.55. The van der Waals surface area contributed by atoms with Crippen LogP contribution in [0.3, 0.4) is 0 Å². The van der Waals surface area contributed by atoms with E-state index in [1.54, 1.807) is 38.1 Å². The molecule has 0 atom stereocenters. The maximum Gasteiger partial charge on any atom is 0.160 e. The topological polar surface area (TPSA) is 86.7 Å². The summed E-state index contributed by atoms with van der Waals surface area (Å²) in [4.78, 5) is 48.5. The van der Waals surface area contributed by atoms with E-state index in [4.69, 9.17) is 9.47 Å². The number of ether oxygens (including phenoxy) is 2. The van der Waals surface area contributed by atoms with Gasteiger partial charge in [-0.15, -0.1) is 0 Å². The van der Waals surface area contributed by atoms with Crippen LogP contribution < -0.4 is 9.47 Å². The molecule has 43 heavy (non-hydrogen) atoms. The number of carbonyl (C=O) groups is 4. The van der Waals surface area contributed by atoms with Crippen LogP contribution in [0.5, 0.6) is 23.0 Å². The molecule has 4 aromatic carbocycles. The van der Waals surface area contributed by atoms with Gasteiger partial charge in [0.25, 0.3) is 0 Å². The van der Waals surface area contributed by atoms with Crippen LogP contribution in [0.1, 0.15) is 105 Å². The molecule has 6 nitrogen and oxygen atoms in total. The molecule has 0 N–H and O–H groups in total. The largest absolute Gasteiger partial charge is 0.457 e. The number of ketones is 4. The van der Waals surface area contributed by atoms with E-state index in [1.165, 1.54) is 27.7 Å². The second kappa shape index (κ2) is 12.2. The summed E-state index contributed by atoms with van der Waals surface area (Å²) >= 11 is 0. The fourth-order valence-electron chi connectivity index (χ4n) is 5.43. The first kappa shape index (κ1) is 31.1. The van der Waals surface area contributed by atoms with Gasteiger partial charge in [0.15, 0.2) is 23.1 Å². The number of hydrogen-bond acceptors (Lipinski definition) is 6. The number of hydrogen-bond donors (Lipinski definition) is 0. The quantitative estimate of drug-likeness (QED) is 0.175. The summed E-state index contributed by atoms with van der Waals surface area (Å²) in [6, 6.07) is 22.3. The lowest BCUT2D eigenvalue weighted by Crippen LogP contribution is -2.18. The summed E-state index contributed by atoms with van der Waals surface area (Å²) in [5.41, 5.74) is 4.77. The Bertz CT molecular complexity index is 1610. The SMILES string of the molecule is CC(=O)c1cc(Oc2ccc(C(C)(C)c3ccc(Oc4cc(C)c(C(C)=O)c(C(C)=O)c4)cc3)cc2)cc(C)c1C(C)=O. The summed E-state index contributed by atoms with van der Waals surface area (Å²) in [6.07, 6.45) is 0. The van der Waals surface area contributed by atoms with Crippen LogP contribution in [0.15, 0.2) is 72.8 Å². The molecule has 0 unspecified atom stereocenters. The lowest BCUT2D eigenvalue weighted by atomic mass is 9.78. The molecule has 0 amide bonds. The van der Waals surface area contributed by atoms with Crippen molar-refractivity contribution < 1.29 is 28.7 Å². The Balaban J connectivity index is 1.53. The average Bonchev–Trinajstić information content (AvgIpc) is 2.92. The summed E-state index contributed by atoms with van der Waals surface area (Å²) in [6.45, 7) is 13.7. The van der Waals surface area contributed by atoms with Crippen LogP contribution in [-0.4, -0.2) is 23.1 Å². The number of carbonyl (C=O) groups excluding carboxylic acids is 4. The lowest BCUT2D eigenvalue weighted by Gasteiger charge is -2.26. The van der Waals surface area contributed by atoms with E-state index in [2.05, 4.69) is 13.8 Å². The molecule has 0 fully saturated rings. The molecule has 0 aromatic heterocycles. The van der Waals surface area contributed by atoms with Gasteiger partial charge in [-0.3, -0.25) is 19.2 Å². The highest BCUT2D eigenvalue weighted by Crippen LogP contribution is 2.36. The van der Waals surface area contributed by atoms with Gasteiger partial charge in [0, 0.05) is 27.7 Å². The molecular weight excluding hydrogens is 540 g/mol. The second-order valence-corrected chi connectivity index (χ2v) is 11.4. The molecular formula is C37H36O6. The van der Waals surface area contributed by atoms with Crippen molar-refractivity contribution in [3.8, 4) is 23.0 Å². The smallest absolute Gasteiger partial charge is 0.160 e. The van der Waals surface area contributed by atoms with Crippen molar-refractivity contribution in [2.45, 2.75) is 60.8 Å². The first-order chi connectivity index (χ1) is 20.2. The molecule has 220 valence electrons. The van der Waals surface area contributed by atoms with Crippen LogP contribution in [-0.2, 0) is 5.41 Å². The maximum atomic E-state index is 12.2. The Kier molecular flexibility index (Phi) is 8.81. The van der Waals surface area contributed by atoms with E-state index in [9.17, 15) is 19.2 Å². The summed E-state index contributed by atoms with van der Waals surface area (Å²) in [5, 5.41) is 0. The fraction of sp³-hybridized carbons (Fsp3) is 0.243. The normalized spacial score (nSPS) is 11.2. The van der Waals surface area contributed by atoms with E-state index < -0.39 is 0 Å². The number of benzene rings is 4. The molecule has 0 aliphatic heterocycles. The third kappa shape index (κ3) is 6.64. The lowest BCUT2D eigenvalue weighted by molar-refractivity contribution is 0.0980. The maximum absolute atomic E-state index is 12.2. The first-order valence-corrected chi connectivity index (χ1v) is 14.1. The minimum atomic E-state index is -0.333. The van der Waals surface area contributed by atoms with Crippen LogP contribution in [0, 0.1) is 13.8 Å². The molecule has 0 spiro atoms. The van der Waals surface area contributed by atoms with E-state index in [0.29, 0.717) is 56.4 Å². The van der Waals surface area contributed by atoms with Gasteiger partial charge < -0.3 is 9.47 Å². The summed E-state index contributed by atoms with van der Waals surface area (Å²) in [7, 11) is 0. The van der Waals surface area contributed by atoms with Crippen molar-refractivity contribution in [1.29, 1.82) is 0 Å². The van der Waals surface area contributed by atoms with Crippen molar-refractivity contribution in [3.05, 3.63) is 117 Å². The van der Waals surface area contributed by atoms with Gasteiger partial charge in [0.05, 0.1) is 0 Å². The van der Waals surface area contributed by atoms with Gasteiger partial charge in [0.2, 0.25) is 0 Å². The molecule has 0 bridgehead atoms. The number of rotatable bonds is 10. The third-order valence-electron chi connectivity index (χ3n) is 7.70. The van der Waals surface area contributed by atoms with Crippen molar-refractivity contribution in [3.63, 3.8) is 0 Å². The monoisotopic (exact) mass is 576 g/mol. The Labute approximate surface area is 252 Å². The standard InChI is InChI=1S/C37H36O6/c1-21-17-31(19-33(23(3)38)35(21)25(5)40)42-29-13-9-27(10-14-29)37(7,8)28-11-15-30(16-12-28)43-32-18-22(2)36(26(6)41)34(20-32)24(4)39/h9-20H,1-8H3. The zero-order valence-electron chi connectivity index (χ0n) is 25.9. The van der Waals surface area contributed by atoms with E-state index in [0.717, 1.165) is 11.1 Å². The highest BCUT2D eigenvalue weighted by Gasteiger charge is 2.24. The zero-order chi connectivity index (χ0) is 31.6. The molecule has 4 aromatic rings.